The summed E-state index contributed by atoms with van der Waals surface area (Å²) in [6.45, 7) is 0.703. The van der Waals surface area contributed by atoms with Gasteiger partial charge in [-0.15, -0.1) is 0 Å². The van der Waals surface area contributed by atoms with Crippen LogP contribution in [0.25, 0.3) is 11.2 Å². The lowest BCUT2D eigenvalue weighted by Crippen LogP contribution is -2.02. The number of imidazole rings is 1. The lowest BCUT2D eigenvalue weighted by molar-refractivity contribution is 0.0697. The molecule has 5 nitrogen and oxygen atoms in total. The summed E-state index contributed by atoms with van der Waals surface area (Å²) in [5.74, 6) is -0.206. The molecule has 1 N–H and O–H groups in total. The molecular weight excluding hydrogens is 358 g/mol. The number of fused-ring (bicyclic) bond motifs is 1. The van der Waals surface area contributed by atoms with Crippen LogP contribution in [0.3, 0.4) is 0 Å². The molecule has 0 aliphatic heterocycles. The first-order chi connectivity index (χ1) is 13.2. The normalized spacial score (nSPS) is 11.0. The van der Waals surface area contributed by atoms with Crippen LogP contribution in [0, 0.1) is 0 Å². The Bertz CT molecular complexity index is 1080. The van der Waals surface area contributed by atoms with E-state index in [4.69, 9.17) is 10.1 Å². The number of hydrogen-bond acceptors (Lipinski definition) is 4. The Kier molecular flexibility index (Phi) is 4.89. The second-order valence-corrected chi connectivity index (χ2v) is 7.05. The molecule has 0 atom stereocenters. The average molecular weight is 375 g/mol. The van der Waals surface area contributed by atoms with E-state index in [0.717, 1.165) is 21.9 Å². The van der Waals surface area contributed by atoms with Crippen LogP contribution < -0.4 is 0 Å². The van der Waals surface area contributed by atoms with E-state index >= 15 is 0 Å². The van der Waals surface area contributed by atoms with Crippen LogP contribution in [0.1, 0.15) is 21.5 Å². The van der Waals surface area contributed by atoms with Crippen LogP contribution in [-0.2, 0) is 12.3 Å². The van der Waals surface area contributed by atoms with E-state index in [2.05, 4.69) is 21.7 Å². The quantitative estimate of drug-likeness (QED) is 0.504. The first-order valence-electron chi connectivity index (χ1n) is 8.51. The molecule has 0 saturated carbocycles. The number of benzene rings is 2. The Balaban J connectivity index is 1.60. The summed E-state index contributed by atoms with van der Waals surface area (Å²) < 4.78 is 2.13. The zero-order valence-corrected chi connectivity index (χ0v) is 15.3. The molecule has 0 spiro atoms. The molecule has 4 aromatic rings. The third kappa shape index (κ3) is 3.85. The topological polar surface area (TPSA) is 68.0 Å². The molecule has 0 amide bonds. The van der Waals surface area contributed by atoms with E-state index < -0.39 is 5.97 Å². The highest BCUT2D eigenvalue weighted by atomic mass is 32.2. The lowest BCUT2D eigenvalue weighted by Gasteiger charge is -2.08. The molecule has 2 heterocycles. The molecule has 134 valence electrons. The van der Waals surface area contributed by atoms with Gasteiger partial charge in [0.05, 0.1) is 12.1 Å². The zero-order valence-electron chi connectivity index (χ0n) is 14.4. The summed E-state index contributed by atoms with van der Waals surface area (Å²) in [5, 5.41) is 9.91. The van der Waals surface area contributed by atoms with Crippen molar-refractivity contribution in [3.63, 3.8) is 0 Å². The van der Waals surface area contributed by atoms with Gasteiger partial charge in [-0.3, -0.25) is 4.57 Å². The summed E-state index contributed by atoms with van der Waals surface area (Å²) in [7, 11) is 0. The van der Waals surface area contributed by atoms with Gasteiger partial charge in [0.1, 0.15) is 5.52 Å². The minimum absolute atomic E-state index is 0.296. The molecule has 27 heavy (non-hydrogen) atoms. The number of pyridine rings is 1. The minimum Gasteiger partial charge on any atom is -0.478 e. The van der Waals surface area contributed by atoms with Crippen molar-refractivity contribution in [3.8, 4) is 0 Å². The van der Waals surface area contributed by atoms with Gasteiger partial charge in [-0.25, -0.2) is 14.8 Å². The molecule has 2 aromatic heterocycles. The number of thioether (sulfide) groups is 1. The first kappa shape index (κ1) is 17.3. The molecule has 0 bridgehead atoms. The molecule has 0 aliphatic rings. The zero-order chi connectivity index (χ0) is 18.6. The van der Waals surface area contributed by atoms with Gasteiger partial charge in [-0.05, 0) is 35.4 Å². The smallest absolute Gasteiger partial charge is 0.335 e. The number of nitrogens with zero attached hydrogens (tertiary/aromatic N) is 3. The molecular formula is C21H17N3O2S. The molecule has 0 fully saturated rings. The van der Waals surface area contributed by atoms with Gasteiger partial charge >= 0.3 is 5.97 Å². The second-order valence-electron chi connectivity index (χ2n) is 6.10. The van der Waals surface area contributed by atoms with Gasteiger partial charge in [0.25, 0.3) is 0 Å². The largest absolute Gasteiger partial charge is 0.478 e. The fraction of sp³-hybridized carbons (Fsp3) is 0.0952. The van der Waals surface area contributed by atoms with Crippen molar-refractivity contribution < 1.29 is 9.90 Å². The number of carboxylic acids is 1. The van der Waals surface area contributed by atoms with Crippen LogP contribution in [0.4, 0.5) is 0 Å². The standard InChI is InChI=1S/C21H17N3O2S/c25-20(26)17-10-8-16(9-11-17)14-27-21-23-18-7-4-12-22-19(18)24(21)13-15-5-2-1-3-6-15/h1-12H,13-14H2,(H,25,26). The predicted molar refractivity (Wildman–Crippen MR) is 106 cm³/mol. The Hall–Kier alpha value is -3.12. The fourth-order valence-electron chi connectivity index (χ4n) is 2.85. The van der Waals surface area contributed by atoms with Crippen molar-refractivity contribution >= 4 is 28.9 Å². The van der Waals surface area contributed by atoms with Crippen LogP contribution in [0.5, 0.6) is 0 Å². The lowest BCUT2D eigenvalue weighted by atomic mass is 10.1. The van der Waals surface area contributed by atoms with E-state index in [1.807, 2.05) is 42.5 Å². The van der Waals surface area contributed by atoms with Gasteiger partial charge in [0.2, 0.25) is 0 Å². The maximum absolute atomic E-state index is 11.0. The highest BCUT2D eigenvalue weighted by Crippen LogP contribution is 2.27. The predicted octanol–water partition coefficient (Wildman–Crippen LogP) is 4.47. The van der Waals surface area contributed by atoms with Crippen LogP contribution in [-0.4, -0.2) is 25.6 Å². The Morgan fingerprint density at radius 3 is 2.48 bits per heavy atom. The highest BCUT2D eigenvalue weighted by molar-refractivity contribution is 7.98. The average Bonchev–Trinajstić information content (AvgIpc) is 3.05. The Labute approximate surface area is 160 Å². The third-order valence-corrected chi connectivity index (χ3v) is 5.27. The monoisotopic (exact) mass is 375 g/mol. The van der Waals surface area contributed by atoms with Crippen molar-refractivity contribution in [1.29, 1.82) is 0 Å². The SMILES string of the molecule is O=C(O)c1ccc(CSc2nc3cccnc3n2Cc2ccccc2)cc1. The van der Waals surface area contributed by atoms with Crippen molar-refractivity contribution in [2.75, 3.05) is 0 Å². The Morgan fingerprint density at radius 1 is 0.963 bits per heavy atom. The summed E-state index contributed by atoms with van der Waals surface area (Å²) in [4.78, 5) is 20.2. The fourth-order valence-corrected chi connectivity index (χ4v) is 3.81. The van der Waals surface area contributed by atoms with Gasteiger partial charge in [-0.2, -0.15) is 0 Å². The molecule has 0 radical (unpaired) electrons. The van der Waals surface area contributed by atoms with Crippen LogP contribution in [0.2, 0.25) is 0 Å². The number of aromatic carboxylic acids is 1. The van der Waals surface area contributed by atoms with E-state index in [9.17, 15) is 4.79 Å². The van der Waals surface area contributed by atoms with E-state index in [1.54, 1.807) is 30.1 Å². The summed E-state index contributed by atoms with van der Waals surface area (Å²) in [6, 6.07) is 21.1. The van der Waals surface area contributed by atoms with Crippen LogP contribution >= 0.6 is 11.8 Å². The third-order valence-electron chi connectivity index (χ3n) is 4.22. The van der Waals surface area contributed by atoms with E-state index in [0.29, 0.717) is 17.9 Å². The van der Waals surface area contributed by atoms with Gasteiger partial charge in [-0.1, -0.05) is 54.2 Å². The summed E-state index contributed by atoms with van der Waals surface area (Å²) in [5.41, 5.74) is 4.28. The van der Waals surface area contributed by atoms with Crippen molar-refractivity contribution in [2.45, 2.75) is 17.5 Å². The summed E-state index contributed by atoms with van der Waals surface area (Å²) in [6.07, 6.45) is 1.78. The number of carboxylic acid groups (broad SMARTS) is 1. The van der Waals surface area contributed by atoms with Gasteiger partial charge in [0, 0.05) is 11.9 Å². The van der Waals surface area contributed by atoms with Crippen molar-refractivity contribution in [1.82, 2.24) is 14.5 Å². The van der Waals surface area contributed by atoms with Crippen molar-refractivity contribution in [2.24, 2.45) is 0 Å². The number of carbonyl (C=O) groups is 1. The number of hydrogen-bond donors (Lipinski definition) is 1. The molecule has 0 unspecified atom stereocenters. The number of rotatable bonds is 6. The molecule has 4 rings (SSSR count). The maximum Gasteiger partial charge on any atom is 0.335 e. The van der Waals surface area contributed by atoms with Crippen molar-refractivity contribution in [3.05, 3.63) is 89.6 Å². The minimum atomic E-state index is -0.912. The number of aromatic nitrogens is 3. The molecule has 2 aromatic carbocycles. The van der Waals surface area contributed by atoms with Crippen LogP contribution in [0.15, 0.2) is 78.1 Å². The highest BCUT2D eigenvalue weighted by Gasteiger charge is 2.13. The Morgan fingerprint density at radius 2 is 1.74 bits per heavy atom. The van der Waals surface area contributed by atoms with Gasteiger partial charge in [0.15, 0.2) is 10.8 Å². The molecule has 0 saturated heterocycles. The summed E-state index contributed by atoms with van der Waals surface area (Å²) >= 11 is 1.62. The second kappa shape index (κ2) is 7.63. The van der Waals surface area contributed by atoms with E-state index in [-0.39, 0.29) is 0 Å². The van der Waals surface area contributed by atoms with E-state index in [1.165, 1.54) is 5.56 Å². The van der Waals surface area contributed by atoms with Gasteiger partial charge < -0.3 is 5.11 Å². The molecule has 6 heteroatoms. The molecule has 0 aliphatic carbocycles. The maximum atomic E-state index is 11.0. The first-order valence-corrected chi connectivity index (χ1v) is 9.49.